The van der Waals surface area contributed by atoms with Crippen LogP contribution in [-0.4, -0.2) is 24.7 Å². The summed E-state index contributed by atoms with van der Waals surface area (Å²) < 4.78 is 39.0. The van der Waals surface area contributed by atoms with Crippen molar-refractivity contribution in [3.8, 4) is 0 Å². The van der Waals surface area contributed by atoms with E-state index in [0.717, 1.165) is 25.7 Å². The van der Waals surface area contributed by atoms with Crippen LogP contribution in [0.4, 0.5) is 13.2 Å². The third kappa shape index (κ3) is 4.59. The highest BCUT2D eigenvalue weighted by Crippen LogP contribution is 2.41. The van der Waals surface area contributed by atoms with Gasteiger partial charge in [-0.1, -0.05) is 12.8 Å². The van der Waals surface area contributed by atoms with E-state index in [9.17, 15) is 18.0 Å². The maximum Gasteiger partial charge on any atom is 0.392 e. The van der Waals surface area contributed by atoms with Crippen molar-refractivity contribution in [1.82, 2.24) is 5.32 Å². The first-order valence-corrected chi connectivity index (χ1v) is 7.98. The Morgan fingerprint density at radius 1 is 1.05 bits per heavy atom. The normalized spacial score (nSPS) is 34.5. The first-order chi connectivity index (χ1) is 9.88. The Kier molecular flexibility index (Phi) is 5.52. The molecule has 2 rings (SSSR count). The molecular formula is C15H25F3N2O. The molecule has 0 heterocycles. The lowest BCUT2D eigenvalue weighted by Gasteiger charge is -2.33. The van der Waals surface area contributed by atoms with Crippen molar-refractivity contribution in [2.24, 2.45) is 23.5 Å². The predicted molar refractivity (Wildman–Crippen MR) is 74.4 cm³/mol. The highest BCUT2D eigenvalue weighted by atomic mass is 19.4. The molecule has 2 atom stereocenters. The van der Waals surface area contributed by atoms with E-state index in [1.807, 2.05) is 0 Å². The van der Waals surface area contributed by atoms with Gasteiger partial charge in [0.05, 0.1) is 5.92 Å². The van der Waals surface area contributed by atoms with Gasteiger partial charge >= 0.3 is 6.18 Å². The van der Waals surface area contributed by atoms with E-state index in [-0.39, 0.29) is 12.5 Å². The second-order valence-electron chi connectivity index (χ2n) is 6.57. The summed E-state index contributed by atoms with van der Waals surface area (Å²) >= 11 is 0. The molecule has 2 saturated carbocycles. The summed E-state index contributed by atoms with van der Waals surface area (Å²) in [6.45, 7) is 0.493. The van der Waals surface area contributed by atoms with Crippen LogP contribution in [0.15, 0.2) is 0 Å². The number of nitrogens with one attached hydrogen (secondary N) is 1. The standard InChI is InChI=1S/C15H25F3N2O/c16-15(17,18)13-4-2-1-3-12(13)14(21)20-9-10-5-7-11(19)8-6-10/h10-13H,1-9,19H2,(H,20,21). The third-order valence-electron chi connectivity index (χ3n) is 4.98. The van der Waals surface area contributed by atoms with Crippen LogP contribution in [-0.2, 0) is 4.79 Å². The van der Waals surface area contributed by atoms with Crippen molar-refractivity contribution >= 4 is 5.91 Å². The molecule has 21 heavy (non-hydrogen) atoms. The van der Waals surface area contributed by atoms with Crippen molar-refractivity contribution in [2.75, 3.05) is 6.54 Å². The zero-order valence-corrected chi connectivity index (χ0v) is 12.3. The Bertz CT molecular complexity index is 351. The Morgan fingerprint density at radius 2 is 1.67 bits per heavy atom. The molecule has 0 saturated heterocycles. The van der Waals surface area contributed by atoms with E-state index in [2.05, 4.69) is 5.32 Å². The minimum absolute atomic E-state index is 0.0832. The van der Waals surface area contributed by atoms with Crippen molar-refractivity contribution in [3.63, 3.8) is 0 Å². The van der Waals surface area contributed by atoms with Gasteiger partial charge in [0.1, 0.15) is 0 Å². The van der Waals surface area contributed by atoms with Crippen molar-refractivity contribution in [2.45, 2.75) is 63.6 Å². The second-order valence-corrected chi connectivity index (χ2v) is 6.57. The minimum atomic E-state index is -4.26. The van der Waals surface area contributed by atoms with Crippen molar-refractivity contribution in [1.29, 1.82) is 0 Å². The molecule has 1 amide bonds. The smallest absolute Gasteiger partial charge is 0.356 e. The maximum absolute atomic E-state index is 13.0. The Labute approximate surface area is 123 Å². The number of hydrogen-bond donors (Lipinski definition) is 2. The summed E-state index contributed by atoms with van der Waals surface area (Å²) in [5, 5.41) is 2.76. The average molecular weight is 306 g/mol. The SMILES string of the molecule is NC1CCC(CNC(=O)C2CCCCC2C(F)(F)F)CC1. The van der Waals surface area contributed by atoms with E-state index in [1.54, 1.807) is 0 Å². The van der Waals surface area contributed by atoms with Crippen molar-refractivity contribution < 1.29 is 18.0 Å². The fraction of sp³-hybridized carbons (Fsp3) is 0.933. The molecule has 0 aromatic rings. The van der Waals surface area contributed by atoms with Gasteiger partial charge < -0.3 is 11.1 Å². The quantitative estimate of drug-likeness (QED) is 0.842. The van der Waals surface area contributed by atoms with Crippen LogP contribution in [0.2, 0.25) is 0 Å². The predicted octanol–water partition coefficient (Wildman–Crippen LogP) is 2.99. The summed E-state index contributed by atoms with van der Waals surface area (Å²) in [6.07, 6.45) is 1.23. The number of nitrogens with two attached hydrogens (primary N) is 1. The molecule has 2 unspecified atom stereocenters. The Hall–Kier alpha value is -0.780. The molecular weight excluding hydrogens is 281 g/mol. The number of hydrogen-bond acceptors (Lipinski definition) is 2. The number of rotatable bonds is 3. The first kappa shape index (κ1) is 16.6. The van der Waals surface area contributed by atoms with E-state index < -0.39 is 23.9 Å². The lowest BCUT2D eigenvalue weighted by atomic mass is 9.78. The first-order valence-electron chi connectivity index (χ1n) is 7.98. The molecule has 2 aliphatic rings. The molecule has 0 aromatic heterocycles. The van der Waals surface area contributed by atoms with Crippen LogP contribution in [0.25, 0.3) is 0 Å². The van der Waals surface area contributed by atoms with Gasteiger partial charge in [-0.2, -0.15) is 13.2 Å². The molecule has 122 valence electrons. The Balaban J connectivity index is 1.83. The summed E-state index contributed by atoms with van der Waals surface area (Å²) in [4.78, 5) is 12.1. The van der Waals surface area contributed by atoms with Crippen LogP contribution in [0.1, 0.15) is 51.4 Å². The van der Waals surface area contributed by atoms with Crippen LogP contribution >= 0.6 is 0 Å². The van der Waals surface area contributed by atoms with Gasteiger partial charge in [-0.3, -0.25) is 4.79 Å². The fourth-order valence-corrected chi connectivity index (χ4v) is 3.60. The number of halogens is 3. The monoisotopic (exact) mass is 306 g/mol. The molecule has 0 radical (unpaired) electrons. The summed E-state index contributed by atoms with van der Waals surface area (Å²) in [5.41, 5.74) is 5.82. The molecule has 6 heteroatoms. The summed E-state index contributed by atoms with van der Waals surface area (Å²) in [6, 6.07) is 0.241. The Morgan fingerprint density at radius 3 is 2.29 bits per heavy atom. The molecule has 0 aromatic carbocycles. The van der Waals surface area contributed by atoms with Gasteiger partial charge in [-0.15, -0.1) is 0 Å². The molecule has 0 bridgehead atoms. The highest BCUT2D eigenvalue weighted by molar-refractivity contribution is 5.79. The van der Waals surface area contributed by atoms with Gasteiger partial charge in [0.15, 0.2) is 0 Å². The lowest BCUT2D eigenvalue weighted by molar-refractivity contribution is -0.198. The van der Waals surface area contributed by atoms with E-state index >= 15 is 0 Å². The summed E-state index contributed by atoms with van der Waals surface area (Å²) in [7, 11) is 0. The summed E-state index contributed by atoms with van der Waals surface area (Å²) in [5.74, 6) is -2.41. The van der Waals surface area contributed by atoms with Crippen LogP contribution in [0, 0.1) is 17.8 Å². The molecule has 3 N–H and O–H groups in total. The maximum atomic E-state index is 13.0. The minimum Gasteiger partial charge on any atom is -0.356 e. The fourth-order valence-electron chi connectivity index (χ4n) is 3.60. The van der Waals surface area contributed by atoms with E-state index in [1.165, 1.54) is 0 Å². The average Bonchev–Trinajstić information content (AvgIpc) is 2.45. The molecule has 3 nitrogen and oxygen atoms in total. The van der Waals surface area contributed by atoms with Gasteiger partial charge in [0.25, 0.3) is 0 Å². The van der Waals surface area contributed by atoms with Gasteiger partial charge in [0.2, 0.25) is 5.91 Å². The number of carbonyl (C=O) groups is 1. The van der Waals surface area contributed by atoms with E-state index in [4.69, 9.17) is 5.73 Å². The van der Waals surface area contributed by atoms with Crippen LogP contribution in [0.5, 0.6) is 0 Å². The number of carbonyl (C=O) groups excluding carboxylic acids is 1. The van der Waals surface area contributed by atoms with Crippen molar-refractivity contribution in [3.05, 3.63) is 0 Å². The molecule has 0 spiro atoms. The largest absolute Gasteiger partial charge is 0.392 e. The van der Waals surface area contributed by atoms with Crippen LogP contribution in [0.3, 0.4) is 0 Å². The zero-order valence-electron chi connectivity index (χ0n) is 12.3. The zero-order chi connectivity index (χ0) is 15.5. The molecule has 2 fully saturated rings. The lowest BCUT2D eigenvalue weighted by Crippen LogP contribution is -2.44. The van der Waals surface area contributed by atoms with E-state index in [0.29, 0.717) is 31.7 Å². The van der Waals surface area contributed by atoms with Gasteiger partial charge in [-0.25, -0.2) is 0 Å². The van der Waals surface area contributed by atoms with Crippen LogP contribution < -0.4 is 11.1 Å². The second kappa shape index (κ2) is 6.99. The number of amides is 1. The van der Waals surface area contributed by atoms with Gasteiger partial charge in [0, 0.05) is 18.5 Å². The third-order valence-corrected chi connectivity index (χ3v) is 4.98. The molecule has 0 aliphatic heterocycles. The van der Waals surface area contributed by atoms with Gasteiger partial charge in [-0.05, 0) is 44.4 Å². The number of alkyl halides is 3. The molecule has 2 aliphatic carbocycles. The highest BCUT2D eigenvalue weighted by Gasteiger charge is 2.47. The topological polar surface area (TPSA) is 55.1 Å².